The second-order valence-corrected chi connectivity index (χ2v) is 6.14. The third-order valence-corrected chi connectivity index (χ3v) is 4.26. The van der Waals surface area contributed by atoms with E-state index in [1.807, 2.05) is 35.2 Å². The van der Waals surface area contributed by atoms with Gasteiger partial charge in [-0.1, -0.05) is 30.3 Å². The average molecular weight is 355 g/mol. The van der Waals surface area contributed by atoms with E-state index in [0.717, 1.165) is 5.56 Å². The van der Waals surface area contributed by atoms with E-state index in [4.69, 9.17) is 0 Å². The molecule has 2 aromatic rings. The first-order valence-corrected chi connectivity index (χ1v) is 8.50. The number of nitrogens with zero attached hydrogens (tertiary/aromatic N) is 3. The van der Waals surface area contributed by atoms with Gasteiger partial charge in [0.25, 0.3) is 11.5 Å². The lowest BCUT2D eigenvalue weighted by Gasteiger charge is -2.34. The van der Waals surface area contributed by atoms with E-state index in [2.05, 4.69) is 15.5 Å². The topological polar surface area (TPSA) is 98.4 Å². The molecular weight excluding hydrogens is 334 g/mol. The van der Waals surface area contributed by atoms with Crippen LogP contribution in [0.15, 0.2) is 47.3 Å². The number of hydrogen-bond donors (Lipinski definition) is 2. The molecule has 2 heterocycles. The smallest absolute Gasteiger partial charge is 0.274 e. The summed E-state index contributed by atoms with van der Waals surface area (Å²) in [6.07, 6.45) is 0. The first-order chi connectivity index (χ1) is 12.6. The van der Waals surface area contributed by atoms with E-state index in [1.54, 1.807) is 4.90 Å². The van der Waals surface area contributed by atoms with Gasteiger partial charge in [0.05, 0.1) is 6.54 Å². The normalized spacial score (nSPS) is 14.8. The summed E-state index contributed by atoms with van der Waals surface area (Å²) in [5.74, 6) is -0.245. The number of rotatable bonds is 5. The summed E-state index contributed by atoms with van der Waals surface area (Å²) in [6.45, 7) is 3.10. The Balaban J connectivity index is 1.43. The lowest BCUT2D eigenvalue weighted by atomic mass is 10.2. The molecule has 136 valence electrons. The standard InChI is InChI=1S/C18H21N5O3/c24-16-7-6-15(20-21-16)18(26)23-10-8-22(9-11-23)13-17(25)19-12-14-4-2-1-3-5-14/h1-7H,8-13H2,(H,19,25)(H,21,24). The fourth-order valence-corrected chi connectivity index (χ4v) is 2.79. The molecule has 0 saturated carbocycles. The largest absolute Gasteiger partial charge is 0.351 e. The lowest BCUT2D eigenvalue weighted by molar-refractivity contribution is -0.122. The van der Waals surface area contributed by atoms with Crippen molar-refractivity contribution in [2.75, 3.05) is 32.7 Å². The van der Waals surface area contributed by atoms with Gasteiger partial charge in [0.1, 0.15) is 5.69 Å². The van der Waals surface area contributed by atoms with Crippen LogP contribution >= 0.6 is 0 Å². The van der Waals surface area contributed by atoms with Crippen LogP contribution in [0.25, 0.3) is 0 Å². The lowest BCUT2D eigenvalue weighted by Crippen LogP contribution is -2.51. The number of carbonyl (C=O) groups excluding carboxylic acids is 2. The molecule has 2 N–H and O–H groups in total. The van der Waals surface area contributed by atoms with Crippen molar-refractivity contribution in [2.45, 2.75) is 6.54 Å². The van der Waals surface area contributed by atoms with Crippen LogP contribution < -0.4 is 10.9 Å². The third-order valence-electron chi connectivity index (χ3n) is 4.26. The molecule has 1 saturated heterocycles. The van der Waals surface area contributed by atoms with Crippen LogP contribution in [0.1, 0.15) is 16.1 Å². The highest BCUT2D eigenvalue weighted by Crippen LogP contribution is 2.06. The third kappa shape index (κ3) is 4.76. The summed E-state index contributed by atoms with van der Waals surface area (Å²) in [5, 5.41) is 8.94. The van der Waals surface area contributed by atoms with Crippen molar-refractivity contribution >= 4 is 11.8 Å². The van der Waals surface area contributed by atoms with Crippen LogP contribution in [-0.2, 0) is 11.3 Å². The number of amides is 2. The minimum absolute atomic E-state index is 0.0315. The maximum atomic E-state index is 12.3. The van der Waals surface area contributed by atoms with E-state index in [1.165, 1.54) is 12.1 Å². The average Bonchev–Trinajstić information content (AvgIpc) is 2.68. The minimum Gasteiger partial charge on any atom is -0.351 e. The Kier molecular flexibility index (Phi) is 5.75. The van der Waals surface area contributed by atoms with E-state index in [9.17, 15) is 14.4 Å². The molecule has 1 aliphatic heterocycles. The van der Waals surface area contributed by atoms with Gasteiger partial charge in [0.2, 0.25) is 5.91 Å². The molecule has 0 bridgehead atoms. The zero-order valence-corrected chi connectivity index (χ0v) is 14.4. The Labute approximate surface area is 150 Å². The fraction of sp³-hybridized carbons (Fsp3) is 0.333. The van der Waals surface area contributed by atoms with Crippen molar-refractivity contribution in [2.24, 2.45) is 0 Å². The summed E-state index contributed by atoms with van der Waals surface area (Å²) in [5.41, 5.74) is 0.941. The predicted octanol–water partition coefficient (Wildman–Crippen LogP) is -0.156. The van der Waals surface area contributed by atoms with E-state index >= 15 is 0 Å². The second-order valence-electron chi connectivity index (χ2n) is 6.14. The highest BCUT2D eigenvalue weighted by Gasteiger charge is 2.24. The summed E-state index contributed by atoms with van der Waals surface area (Å²) in [4.78, 5) is 39.1. The second kappa shape index (κ2) is 8.39. The predicted molar refractivity (Wildman–Crippen MR) is 95.5 cm³/mol. The summed E-state index contributed by atoms with van der Waals surface area (Å²) in [7, 11) is 0. The zero-order chi connectivity index (χ0) is 18.4. The van der Waals surface area contributed by atoms with Gasteiger partial charge in [0.15, 0.2) is 0 Å². The van der Waals surface area contributed by atoms with Crippen LogP contribution in [0.4, 0.5) is 0 Å². The van der Waals surface area contributed by atoms with Crippen LogP contribution in [0.3, 0.4) is 0 Å². The number of carbonyl (C=O) groups is 2. The molecule has 26 heavy (non-hydrogen) atoms. The summed E-state index contributed by atoms with van der Waals surface area (Å²) < 4.78 is 0. The summed E-state index contributed by atoms with van der Waals surface area (Å²) >= 11 is 0. The molecule has 1 fully saturated rings. The molecule has 0 unspecified atom stereocenters. The molecule has 2 amide bonds. The Morgan fingerprint density at radius 1 is 1.04 bits per heavy atom. The molecule has 8 heteroatoms. The number of nitrogens with one attached hydrogen (secondary N) is 2. The van der Waals surface area contributed by atoms with Gasteiger partial charge in [-0.3, -0.25) is 19.3 Å². The SMILES string of the molecule is O=C(CN1CCN(C(=O)c2ccc(=O)[nH]n2)CC1)NCc1ccccc1. The van der Waals surface area contributed by atoms with Gasteiger partial charge in [0, 0.05) is 38.8 Å². The van der Waals surface area contributed by atoms with E-state index in [-0.39, 0.29) is 23.1 Å². The molecule has 0 radical (unpaired) electrons. The number of aromatic nitrogens is 2. The maximum absolute atomic E-state index is 12.3. The number of aromatic amines is 1. The first kappa shape index (κ1) is 17.8. The van der Waals surface area contributed by atoms with Crippen molar-refractivity contribution in [3.8, 4) is 0 Å². The van der Waals surface area contributed by atoms with Gasteiger partial charge >= 0.3 is 0 Å². The Morgan fingerprint density at radius 2 is 1.77 bits per heavy atom. The van der Waals surface area contributed by atoms with Crippen molar-refractivity contribution in [1.29, 1.82) is 0 Å². The first-order valence-electron chi connectivity index (χ1n) is 8.50. The molecular formula is C18H21N5O3. The summed E-state index contributed by atoms with van der Waals surface area (Å²) in [6, 6.07) is 12.5. The van der Waals surface area contributed by atoms with Crippen LogP contribution in [0.2, 0.25) is 0 Å². The Bertz CT molecular complexity index is 793. The highest BCUT2D eigenvalue weighted by atomic mass is 16.2. The minimum atomic E-state index is -0.340. The quantitative estimate of drug-likeness (QED) is 0.777. The van der Waals surface area contributed by atoms with Gasteiger partial charge in [-0.2, -0.15) is 5.10 Å². The number of H-pyrrole nitrogens is 1. The molecule has 1 aromatic carbocycles. The number of benzene rings is 1. The molecule has 0 atom stereocenters. The molecule has 1 aromatic heterocycles. The van der Waals surface area contributed by atoms with Crippen LogP contribution in [0, 0.1) is 0 Å². The number of hydrogen-bond acceptors (Lipinski definition) is 5. The fourth-order valence-electron chi connectivity index (χ4n) is 2.79. The maximum Gasteiger partial charge on any atom is 0.274 e. The molecule has 8 nitrogen and oxygen atoms in total. The van der Waals surface area contributed by atoms with Gasteiger partial charge in [-0.05, 0) is 11.6 Å². The number of piperazine rings is 1. The zero-order valence-electron chi connectivity index (χ0n) is 14.4. The van der Waals surface area contributed by atoms with Gasteiger partial charge in [-0.25, -0.2) is 5.10 Å². The molecule has 0 aliphatic carbocycles. The van der Waals surface area contributed by atoms with Crippen molar-refractivity contribution < 1.29 is 9.59 Å². The van der Waals surface area contributed by atoms with E-state index < -0.39 is 0 Å². The monoisotopic (exact) mass is 355 g/mol. The van der Waals surface area contributed by atoms with Crippen molar-refractivity contribution in [3.05, 3.63) is 64.1 Å². The molecule has 0 spiro atoms. The van der Waals surface area contributed by atoms with Crippen molar-refractivity contribution in [1.82, 2.24) is 25.3 Å². The Morgan fingerprint density at radius 3 is 2.42 bits per heavy atom. The Hall–Kier alpha value is -3.00. The van der Waals surface area contributed by atoms with Gasteiger partial charge in [-0.15, -0.1) is 0 Å². The highest BCUT2D eigenvalue weighted by molar-refractivity contribution is 5.92. The van der Waals surface area contributed by atoms with Crippen LogP contribution in [-0.4, -0.2) is 64.5 Å². The van der Waals surface area contributed by atoms with E-state index in [0.29, 0.717) is 39.3 Å². The van der Waals surface area contributed by atoms with Crippen molar-refractivity contribution in [3.63, 3.8) is 0 Å². The van der Waals surface area contributed by atoms with Gasteiger partial charge < -0.3 is 10.2 Å². The molecule has 3 rings (SSSR count). The van der Waals surface area contributed by atoms with Crippen LogP contribution in [0.5, 0.6) is 0 Å². The molecule has 1 aliphatic rings.